The first-order valence-electron chi connectivity index (χ1n) is 8.72. The summed E-state index contributed by atoms with van der Waals surface area (Å²) < 4.78 is 1.83. The predicted octanol–water partition coefficient (Wildman–Crippen LogP) is -0.110. The van der Waals surface area contributed by atoms with Crippen molar-refractivity contribution in [1.82, 2.24) is 24.8 Å². The molecule has 1 atom stereocenters. The fourth-order valence-electron chi connectivity index (χ4n) is 3.46. The van der Waals surface area contributed by atoms with E-state index in [4.69, 9.17) is 0 Å². The van der Waals surface area contributed by atoms with Crippen LogP contribution in [0.25, 0.3) is 0 Å². The smallest absolute Gasteiger partial charge is 0.251 e. The van der Waals surface area contributed by atoms with E-state index in [-0.39, 0.29) is 18.4 Å². The Hall–Kier alpha value is -1.96. The molecule has 1 unspecified atom stereocenters. The Morgan fingerprint density at radius 3 is 2.71 bits per heavy atom. The summed E-state index contributed by atoms with van der Waals surface area (Å²) in [7, 11) is 0. The minimum Gasteiger partial charge on any atom is -0.383 e. The van der Waals surface area contributed by atoms with Crippen LogP contribution in [-0.4, -0.2) is 74.0 Å². The number of carbonyl (C=O) groups is 2. The zero-order chi connectivity index (χ0) is 16.9. The Kier molecular flexibility index (Phi) is 5.44. The van der Waals surface area contributed by atoms with Crippen molar-refractivity contribution in [3.8, 4) is 0 Å². The summed E-state index contributed by atoms with van der Waals surface area (Å²) in [6.45, 7) is 2.90. The molecule has 1 aromatic rings. The molecule has 0 spiro atoms. The van der Waals surface area contributed by atoms with Crippen LogP contribution in [0, 0.1) is 5.92 Å². The molecule has 2 fully saturated rings. The fraction of sp³-hybridized carbons (Fsp3) is 0.750. The maximum Gasteiger partial charge on any atom is 0.251 e. The van der Waals surface area contributed by atoms with Gasteiger partial charge in [0.05, 0.1) is 12.7 Å². The SMILES string of the molecule is O=C(CN1CCCCC(O)C1=O)N1CCC(Cn2ccnn2)CC1. The quantitative estimate of drug-likeness (QED) is 0.829. The van der Waals surface area contributed by atoms with E-state index in [1.165, 1.54) is 4.90 Å². The number of aliphatic hydroxyl groups is 1. The predicted molar refractivity (Wildman–Crippen MR) is 85.8 cm³/mol. The zero-order valence-electron chi connectivity index (χ0n) is 13.9. The van der Waals surface area contributed by atoms with Gasteiger partial charge in [-0.25, -0.2) is 0 Å². The normalized spacial score (nSPS) is 23.4. The number of nitrogens with zero attached hydrogens (tertiary/aromatic N) is 5. The lowest BCUT2D eigenvalue weighted by Gasteiger charge is -2.33. The van der Waals surface area contributed by atoms with Crippen LogP contribution in [0.15, 0.2) is 12.4 Å². The third-order valence-corrected chi connectivity index (χ3v) is 4.96. The Morgan fingerprint density at radius 1 is 1.21 bits per heavy atom. The topological polar surface area (TPSA) is 91.6 Å². The molecule has 1 aromatic heterocycles. The monoisotopic (exact) mass is 335 g/mol. The van der Waals surface area contributed by atoms with Crippen molar-refractivity contribution in [1.29, 1.82) is 0 Å². The van der Waals surface area contributed by atoms with Gasteiger partial charge in [0, 0.05) is 32.4 Å². The van der Waals surface area contributed by atoms with Crippen LogP contribution in [0.4, 0.5) is 0 Å². The summed E-state index contributed by atoms with van der Waals surface area (Å²) in [4.78, 5) is 27.9. The molecule has 8 nitrogen and oxygen atoms in total. The van der Waals surface area contributed by atoms with E-state index in [0.29, 0.717) is 32.0 Å². The molecule has 3 rings (SSSR count). The lowest BCUT2D eigenvalue weighted by Crippen LogP contribution is -2.47. The summed E-state index contributed by atoms with van der Waals surface area (Å²) in [5, 5.41) is 17.6. The average molecular weight is 335 g/mol. The van der Waals surface area contributed by atoms with Crippen LogP contribution < -0.4 is 0 Å². The molecule has 24 heavy (non-hydrogen) atoms. The molecule has 2 aliphatic heterocycles. The Labute approximate surface area is 141 Å². The van der Waals surface area contributed by atoms with Gasteiger partial charge in [-0.3, -0.25) is 14.3 Å². The number of piperidine rings is 1. The second-order valence-corrected chi connectivity index (χ2v) is 6.72. The van der Waals surface area contributed by atoms with Gasteiger partial charge in [-0.15, -0.1) is 5.10 Å². The van der Waals surface area contributed by atoms with Crippen LogP contribution >= 0.6 is 0 Å². The molecule has 0 radical (unpaired) electrons. The van der Waals surface area contributed by atoms with E-state index in [2.05, 4.69) is 10.3 Å². The van der Waals surface area contributed by atoms with Crippen LogP contribution in [0.1, 0.15) is 32.1 Å². The molecule has 3 heterocycles. The van der Waals surface area contributed by atoms with Crippen LogP contribution in [-0.2, 0) is 16.1 Å². The molecule has 2 amide bonds. The molecule has 0 bridgehead atoms. The molecule has 2 aliphatic rings. The summed E-state index contributed by atoms with van der Waals surface area (Å²) in [5.41, 5.74) is 0. The highest BCUT2D eigenvalue weighted by molar-refractivity contribution is 5.87. The van der Waals surface area contributed by atoms with Gasteiger partial charge in [-0.1, -0.05) is 5.21 Å². The molecule has 0 saturated carbocycles. The van der Waals surface area contributed by atoms with E-state index in [0.717, 1.165) is 32.2 Å². The molecule has 8 heteroatoms. The molecule has 2 saturated heterocycles. The number of hydrogen-bond donors (Lipinski definition) is 1. The second-order valence-electron chi connectivity index (χ2n) is 6.72. The number of amides is 2. The van der Waals surface area contributed by atoms with Crippen LogP contribution in [0.5, 0.6) is 0 Å². The summed E-state index contributed by atoms with van der Waals surface area (Å²) in [5.74, 6) is 0.177. The molecular weight excluding hydrogens is 310 g/mol. The van der Waals surface area contributed by atoms with Crippen molar-refractivity contribution < 1.29 is 14.7 Å². The fourth-order valence-corrected chi connectivity index (χ4v) is 3.46. The Morgan fingerprint density at radius 2 is 2.00 bits per heavy atom. The van der Waals surface area contributed by atoms with Gasteiger partial charge < -0.3 is 14.9 Å². The first-order valence-corrected chi connectivity index (χ1v) is 8.72. The first-order chi connectivity index (χ1) is 11.6. The van der Waals surface area contributed by atoms with Gasteiger partial charge in [0.2, 0.25) is 5.91 Å². The van der Waals surface area contributed by atoms with Gasteiger partial charge in [0.1, 0.15) is 6.10 Å². The minimum absolute atomic E-state index is 0.0170. The van der Waals surface area contributed by atoms with Gasteiger partial charge in [-0.05, 0) is 38.0 Å². The first kappa shape index (κ1) is 16.9. The molecular formula is C16H25N5O3. The van der Waals surface area contributed by atoms with E-state index in [1.54, 1.807) is 6.20 Å². The van der Waals surface area contributed by atoms with Crippen molar-refractivity contribution in [2.24, 2.45) is 5.92 Å². The number of rotatable bonds is 4. The minimum atomic E-state index is -0.950. The van der Waals surface area contributed by atoms with Gasteiger partial charge in [0.25, 0.3) is 5.91 Å². The van der Waals surface area contributed by atoms with Crippen molar-refractivity contribution in [2.75, 3.05) is 26.2 Å². The zero-order valence-corrected chi connectivity index (χ0v) is 13.9. The van der Waals surface area contributed by atoms with Gasteiger partial charge in [0.15, 0.2) is 0 Å². The standard InChI is InChI=1S/C16H25N5O3/c22-14-3-1-2-7-20(16(14)24)12-15(23)19-8-4-13(5-9-19)11-21-10-6-17-18-21/h6,10,13-14,22H,1-5,7-9,11-12H2. The van der Waals surface area contributed by atoms with Crippen LogP contribution in [0.2, 0.25) is 0 Å². The van der Waals surface area contributed by atoms with Crippen molar-refractivity contribution in [2.45, 2.75) is 44.8 Å². The number of likely N-dealkylation sites (tertiary alicyclic amines) is 2. The third-order valence-electron chi connectivity index (χ3n) is 4.96. The number of aliphatic hydroxyl groups excluding tert-OH is 1. The lowest BCUT2D eigenvalue weighted by molar-refractivity contribution is -0.145. The highest BCUT2D eigenvalue weighted by atomic mass is 16.3. The Bertz CT molecular complexity index is 554. The summed E-state index contributed by atoms with van der Waals surface area (Å²) in [6.07, 6.45) is 6.61. The number of hydrogen-bond acceptors (Lipinski definition) is 5. The van der Waals surface area contributed by atoms with E-state index in [9.17, 15) is 14.7 Å². The van der Waals surface area contributed by atoms with Gasteiger partial charge >= 0.3 is 0 Å². The van der Waals surface area contributed by atoms with Crippen molar-refractivity contribution >= 4 is 11.8 Å². The van der Waals surface area contributed by atoms with Gasteiger partial charge in [-0.2, -0.15) is 0 Å². The average Bonchev–Trinajstić information content (AvgIpc) is 3.04. The highest BCUT2D eigenvalue weighted by Crippen LogP contribution is 2.19. The van der Waals surface area contributed by atoms with E-state index >= 15 is 0 Å². The summed E-state index contributed by atoms with van der Waals surface area (Å²) >= 11 is 0. The van der Waals surface area contributed by atoms with Crippen molar-refractivity contribution in [3.63, 3.8) is 0 Å². The lowest BCUT2D eigenvalue weighted by atomic mass is 9.97. The molecule has 132 valence electrons. The highest BCUT2D eigenvalue weighted by Gasteiger charge is 2.29. The van der Waals surface area contributed by atoms with E-state index in [1.807, 2.05) is 15.8 Å². The van der Waals surface area contributed by atoms with E-state index < -0.39 is 6.10 Å². The third kappa shape index (κ3) is 4.11. The molecule has 1 N–H and O–H groups in total. The van der Waals surface area contributed by atoms with Crippen molar-refractivity contribution in [3.05, 3.63) is 12.4 Å². The maximum atomic E-state index is 12.5. The number of aromatic nitrogens is 3. The second kappa shape index (κ2) is 7.74. The molecule has 0 aromatic carbocycles. The Balaban J connectivity index is 1.47. The largest absolute Gasteiger partial charge is 0.383 e. The summed E-state index contributed by atoms with van der Waals surface area (Å²) in [6, 6.07) is 0. The molecule has 0 aliphatic carbocycles. The maximum absolute atomic E-state index is 12.5. The number of carbonyl (C=O) groups excluding carboxylic acids is 2. The van der Waals surface area contributed by atoms with Crippen LogP contribution in [0.3, 0.4) is 0 Å².